The first kappa shape index (κ1) is 18.1. The van der Waals surface area contributed by atoms with E-state index in [9.17, 15) is 4.79 Å². The molecule has 132 valence electrons. The van der Waals surface area contributed by atoms with Crippen molar-refractivity contribution in [2.24, 2.45) is 28.5 Å². The van der Waals surface area contributed by atoms with Crippen LogP contribution in [0.1, 0.15) is 58.8 Å². The summed E-state index contributed by atoms with van der Waals surface area (Å²) >= 11 is 0. The van der Waals surface area contributed by atoms with Gasteiger partial charge in [0.05, 0.1) is 0 Å². The molecule has 3 N–H and O–H groups in total. The van der Waals surface area contributed by atoms with E-state index in [1.165, 1.54) is 25.7 Å². The van der Waals surface area contributed by atoms with E-state index >= 15 is 0 Å². The lowest BCUT2D eigenvalue weighted by Gasteiger charge is -2.35. The highest BCUT2D eigenvalue weighted by molar-refractivity contribution is 5.80. The van der Waals surface area contributed by atoms with Crippen molar-refractivity contribution >= 4 is 11.9 Å². The number of hydrogen-bond donors (Lipinski definition) is 2. The van der Waals surface area contributed by atoms with Gasteiger partial charge in [-0.3, -0.25) is 9.79 Å². The summed E-state index contributed by atoms with van der Waals surface area (Å²) in [5.74, 6) is 2.80. The Morgan fingerprint density at radius 3 is 2.74 bits per heavy atom. The van der Waals surface area contributed by atoms with Crippen LogP contribution in [0.3, 0.4) is 0 Å². The summed E-state index contributed by atoms with van der Waals surface area (Å²) < 4.78 is 0. The molecule has 23 heavy (non-hydrogen) atoms. The van der Waals surface area contributed by atoms with E-state index < -0.39 is 0 Å². The van der Waals surface area contributed by atoms with E-state index in [1.54, 1.807) is 0 Å². The summed E-state index contributed by atoms with van der Waals surface area (Å²) in [6.07, 6.45) is 8.06. The molecule has 0 radical (unpaired) electrons. The summed E-state index contributed by atoms with van der Waals surface area (Å²) in [7, 11) is 0. The van der Waals surface area contributed by atoms with Crippen LogP contribution < -0.4 is 11.1 Å². The van der Waals surface area contributed by atoms with Crippen LogP contribution in [0.2, 0.25) is 0 Å². The molecule has 5 heteroatoms. The molecule has 3 unspecified atom stereocenters. The minimum atomic E-state index is -0.185. The SMILES string of the molecule is CCNC(=NCC1CCCC(C)C1)N1CCCC(CC(N)=O)C1. The Morgan fingerprint density at radius 1 is 1.26 bits per heavy atom. The van der Waals surface area contributed by atoms with E-state index in [-0.39, 0.29) is 5.91 Å². The summed E-state index contributed by atoms with van der Waals surface area (Å²) in [6.45, 7) is 8.22. The average Bonchev–Trinajstić information content (AvgIpc) is 2.51. The lowest BCUT2D eigenvalue weighted by atomic mass is 9.82. The largest absolute Gasteiger partial charge is 0.370 e. The van der Waals surface area contributed by atoms with Gasteiger partial charge in [0.1, 0.15) is 0 Å². The molecule has 0 aromatic rings. The average molecular weight is 322 g/mol. The smallest absolute Gasteiger partial charge is 0.217 e. The van der Waals surface area contributed by atoms with Crippen molar-refractivity contribution < 1.29 is 4.79 Å². The van der Waals surface area contributed by atoms with Crippen LogP contribution in [-0.2, 0) is 4.79 Å². The van der Waals surface area contributed by atoms with E-state index in [2.05, 4.69) is 24.1 Å². The van der Waals surface area contributed by atoms with Crippen LogP contribution >= 0.6 is 0 Å². The van der Waals surface area contributed by atoms with Gasteiger partial charge in [0.15, 0.2) is 5.96 Å². The van der Waals surface area contributed by atoms with Gasteiger partial charge >= 0.3 is 0 Å². The highest BCUT2D eigenvalue weighted by Gasteiger charge is 2.24. The van der Waals surface area contributed by atoms with Gasteiger partial charge in [0.25, 0.3) is 0 Å². The first-order valence-electron chi connectivity index (χ1n) is 9.40. The van der Waals surface area contributed by atoms with Crippen LogP contribution in [0.4, 0.5) is 0 Å². The minimum Gasteiger partial charge on any atom is -0.370 e. The lowest BCUT2D eigenvalue weighted by molar-refractivity contribution is -0.119. The normalized spacial score (nSPS) is 29.4. The first-order valence-corrected chi connectivity index (χ1v) is 9.40. The third-order valence-electron chi connectivity index (χ3n) is 5.19. The van der Waals surface area contributed by atoms with Gasteiger partial charge in [-0.25, -0.2) is 0 Å². The van der Waals surface area contributed by atoms with Crippen LogP contribution in [0.15, 0.2) is 4.99 Å². The Labute approximate surface area is 141 Å². The van der Waals surface area contributed by atoms with Crippen molar-refractivity contribution in [3.05, 3.63) is 0 Å². The molecule has 0 aromatic heterocycles. The molecule has 1 aliphatic heterocycles. The van der Waals surface area contributed by atoms with Gasteiger partial charge in [-0.1, -0.05) is 19.8 Å². The second kappa shape index (κ2) is 9.14. The molecule has 1 amide bonds. The Bertz CT molecular complexity index is 410. The van der Waals surface area contributed by atoms with Crippen LogP contribution in [0, 0.1) is 17.8 Å². The fraction of sp³-hybridized carbons (Fsp3) is 0.889. The summed E-state index contributed by atoms with van der Waals surface area (Å²) in [6, 6.07) is 0. The number of nitrogens with zero attached hydrogens (tertiary/aromatic N) is 2. The second-order valence-electron chi connectivity index (χ2n) is 7.46. The molecule has 5 nitrogen and oxygen atoms in total. The Balaban J connectivity index is 1.93. The van der Waals surface area contributed by atoms with Crippen molar-refractivity contribution in [3.63, 3.8) is 0 Å². The Hall–Kier alpha value is -1.26. The number of aliphatic imine (C=N–C) groups is 1. The maximum absolute atomic E-state index is 11.2. The molecule has 1 heterocycles. The molecule has 3 atom stereocenters. The van der Waals surface area contributed by atoms with E-state index in [0.717, 1.165) is 56.8 Å². The van der Waals surface area contributed by atoms with E-state index in [4.69, 9.17) is 10.7 Å². The molecule has 0 aromatic carbocycles. The highest BCUT2D eigenvalue weighted by Crippen LogP contribution is 2.28. The molecule has 2 rings (SSSR count). The zero-order valence-corrected chi connectivity index (χ0v) is 14.9. The van der Waals surface area contributed by atoms with Gasteiger partial charge < -0.3 is 16.0 Å². The molecule has 1 aliphatic carbocycles. The van der Waals surface area contributed by atoms with E-state index in [0.29, 0.717) is 12.3 Å². The minimum absolute atomic E-state index is 0.185. The van der Waals surface area contributed by atoms with Crippen LogP contribution in [-0.4, -0.2) is 42.9 Å². The second-order valence-corrected chi connectivity index (χ2v) is 7.46. The van der Waals surface area contributed by atoms with Gasteiger partial charge in [-0.2, -0.15) is 0 Å². The zero-order chi connectivity index (χ0) is 16.7. The van der Waals surface area contributed by atoms with Crippen molar-refractivity contribution in [1.82, 2.24) is 10.2 Å². The predicted octanol–water partition coefficient (Wildman–Crippen LogP) is 2.37. The number of nitrogens with one attached hydrogen (secondary N) is 1. The number of piperidine rings is 1. The molecular formula is C18H34N4O. The predicted molar refractivity (Wildman–Crippen MR) is 95.2 cm³/mol. The Morgan fingerprint density at radius 2 is 2.04 bits per heavy atom. The van der Waals surface area contributed by atoms with E-state index in [1.807, 2.05) is 0 Å². The van der Waals surface area contributed by atoms with Gasteiger partial charge in [0, 0.05) is 32.6 Å². The van der Waals surface area contributed by atoms with Gasteiger partial charge in [0.2, 0.25) is 5.91 Å². The standard InChI is InChI=1S/C18H34N4O/c1-3-20-18(21-12-15-7-4-6-14(2)10-15)22-9-5-8-16(13-22)11-17(19)23/h14-16H,3-13H2,1-2H3,(H2,19,23)(H,20,21). The number of carbonyl (C=O) groups is 1. The third-order valence-corrected chi connectivity index (χ3v) is 5.19. The molecule has 0 spiro atoms. The van der Waals surface area contributed by atoms with Crippen molar-refractivity contribution in [3.8, 4) is 0 Å². The number of amides is 1. The molecule has 1 saturated heterocycles. The number of hydrogen-bond acceptors (Lipinski definition) is 2. The topological polar surface area (TPSA) is 70.7 Å². The summed E-state index contributed by atoms with van der Waals surface area (Å²) in [5.41, 5.74) is 5.37. The number of primary amides is 1. The fourth-order valence-corrected chi connectivity index (χ4v) is 4.08. The number of guanidine groups is 1. The fourth-order valence-electron chi connectivity index (χ4n) is 4.08. The molecule has 2 aliphatic rings. The number of nitrogens with two attached hydrogens (primary N) is 1. The summed E-state index contributed by atoms with van der Waals surface area (Å²) in [4.78, 5) is 18.4. The van der Waals surface area contributed by atoms with Crippen LogP contribution in [0.5, 0.6) is 0 Å². The molecule has 2 fully saturated rings. The number of likely N-dealkylation sites (tertiary alicyclic amines) is 1. The van der Waals surface area contributed by atoms with Crippen LogP contribution in [0.25, 0.3) is 0 Å². The van der Waals surface area contributed by atoms with Crippen molar-refractivity contribution in [1.29, 1.82) is 0 Å². The third kappa shape index (κ3) is 6.04. The first-order chi connectivity index (χ1) is 11.1. The van der Waals surface area contributed by atoms with Gasteiger partial charge in [-0.15, -0.1) is 0 Å². The quantitative estimate of drug-likeness (QED) is 0.603. The maximum Gasteiger partial charge on any atom is 0.217 e. The van der Waals surface area contributed by atoms with Crippen molar-refractivity contribution in [2.75, 3.05) is 26.2 Å². The number of carbonyl (C=O) groups excluding carboxylic acids is 1. The number of rotatable bonds is 5. The Kier molecular flexibility index (Phi) is 7.18. The highest BCUT2D eigenvalue weighted by atomic mass is 16.1. The summed E-state index contributed by atoms with van der Waals surface area (Å²) in [5, 5.41) is 3.44. The molecule has 1 saturated carbocycles. The zero-order valence-electron chi connectivity index (χ0n) is 14.9. The lowest BCUT2D eigenvalue weighted by Crippen LogP contribution is -2.47. The maximum atomic E-state index is 11.2. The monoisotopic (exact) mass is 322 g/mol. The van der Waals surface area contributed by atoms with Gasteiger partial charge in [-0.05, 0) is 50.4 Å². The molecule has 0 bridgehead atoms. The van der Waals surface area contributed by atoms with Crippen molar-refractivity contribution in [2.45, 2.75) is 58.8 Å². The molecular weight excluding hydrogens is 288 g/mol.